The zero-order valence-electron chi connectivity index (χ0n) is 16.6. The molecule has 1 amide bonds. The summed E-state index contributed by atoms with van der Waals surface area (Å²) in [6.45, 7) is 2.94. The molecule has 0 radical (unpaired) electrons. The molecule has 30 heavy (non-hydrogen) atoms. The summed E-state index contributed by atoms with van der Waals surface area (Å²) in [4.78, 5) is 22.8. The molecule has 3 aromatic heterocycles. The van der Waals surface area contributed by atoms with E-state index >= 15 is 0 Å². The molecule has 4 aromatic rings. The predicted octanol–water partition coefficient (Wildman–Crippen LogP) is 3.58. The quantitative estimate of drug-likeness (QED) is 0.446. The van der Waals surface area contributed by atoms with Gasteiger partial charge in [0.05, 0.1) is 23.9 Å². The minimum absolute atomic E-state index is 0.164. The van der Waals surface area contributed by atoms with Gasteiger partial charge in [0.1, 0.15) is 34.7 Å². The van der Waals surface area contributed by atoms with Crippen LogP contribution in [0, 0.1) is 6.92 Å². The van der Waals surface area contributed by atoms with E-state index in [1.165, 1.54) is 29.5 Å². The van der Waals surface area contributed by atoms with Crippen LogP contribution in [0.3, 0.4) is 0 Å². The number of thiophene rings is 1. The number of carbonyl (C=O) groups excluding carboxylic acids is 1. The molecule has 0 saturated heterocycles. The van der Waals surface area contributed by atoms with Crippen molar-refractivity contribution in [1.82, 2.24) is 20.4 Å². The minimum Gasteiger partial charge on any atom is -0.497 e. The Morgan fingerprint density at radius 1 is 1.20 bits per heavy atom. The Morgan fingerprint density at radius 3 is 2.77 bits per heavy atom. The molecular weight excluding hydrogens is 402 g/mol. The molecule has 0 spiro atoms. The lowest BCUT2D eigenvalue weighted by molar-refractivity contribution is 0.0953. The van der Waals surface area contributed by atoms with Crippen molar-refractivity contribution in [3.8, 4) is 5.75 Å². The van der Waals surface area contributed by atoms with Crippen molar-refractivity contribution in [2.24, 2.45) is 0 Å². The Kier molecular flexibility index (Phi) is 5.89. The summed E-state index contributed by atoms with van der Waals surface area (Å²) in [6.07, 6.45) is 3.83. The second kappa shape index (κ2) is 8.91. The van der Waals surface area contributed by atoms with E-state index in [0.717, 1.165) is 33.8 Å². The number of rotatable bonds is 8. The van der Waals surface area contributed by atoms with Gasteiger partial charge in [-0.15, -0.1) is 11.3 Å². The number of fused-ring (bicyclic) bond motifs is 1. The Hall–Kier alpha value is -3.46. The van der Waals surface area contributed by atoms with Crippen molar-refractivity contribution in [3.05, 3.63) is 64.6 Å². The maximum Gasteiger partial charge on any atom is 0.262 e. The number of amides is 1. The first kappa shape index (κ1) is 19.8. The summed E-state index contributed by atoms with van der Waals surface area (Å²) in [6, 6.07) is 9.71. The highest BCUT2D eigenvalue weighted by atomic mass is 32.1. The Bertz CT molecular complexity index is 1140. The molecule has 3 heterocycles. The normalized spacial score (nSPS) is 10.9. The first-order chi connectivity index (χ1) is 14.7. The van der Waals surface area contributed by atoms with Crippen LogP contribution < -0.4 is 15.4 Å². The van der Waals surface area contributed by atoms with Gasteiger partial charge < -0.3 is 19.9 Å². The number of nitrogens with one attached hydrogen (secondary N) is 2. The van der Waals surface area contributed by atoms with Crippen molar-refractivity contribution in [3.63, 3.8) is 0 Å². The predicted molar refractivity (Wildman–Crippen MR) is 115 cm³/mol. The van der Waals surface area contributed by atoms with Crippen LogP contribution in [-0.2, 0) is 13.0 Å². The minimum atomic E-state index is -0.164. The number of methoxy groups -OCH3 is 1. The molecule has 4 rings (SSSR count). The molecule has 0 atom stereocenters. The van der Waals surface area contributed by atoms with Gasteiger partial charge in [-0.05, 0) is 36.6 Å². The Labute approximate surface area is 177 Å². The van der Waals surface area contributed by atoms with E-state index in [9.17, 15) is 4.79 Å². The third-order valence-corrected chi connectivity index (χ3v) is 5.92. The third-order valence-electron chi connectivity index (χ3n) is 4.72. The first-order valence-corrected chi connectivity index (χ1v) is 10.3. The Morgan fingerprint density at radius 2 is 2.03 bits per heavy atom. The number of hydrogen-bond donors (Lipinski definition) is 2. The molecule has 0 unspecified atom stereocenters. The van der Waals surface area contributed by atoms with Gasteiger partial charge in [0.2, 0.25) is 0 Å². The molecule has 0 bridgehead atoms. The zero-order chi connectivity index (χ0) is 20.9. The van der Waals surface area contributed by atoms with Gasteiger partial charge in [-0.3, -0.25) is 4.79 Å². The molecule has 154 valence electrons. The van der Waals surface area contributed by atoms with Crippen molar-refractivity contribution < 1.29 is 14.1 Å². The van der Waals surface area contributed by atoms with Crippen LogP contribution in [0.1, 0.15) is 26.5 Å². The van der Waals surface area contributed by atoms with Crippen LogP contribution in [0.2, 0.25) is 0 Å². The largest absolute Gasteiger partial charge is 0.497 e. The highest BCUT2D eigenvalue weighted by molar-refractivity contribution is 7.20. The fourth-order valence-corrected chi connectivity index (χ4v) is 4.18. The summed E-state index contributed by atoms with van der Waals surface area (Å²) in [5, 5.41) is 10.9. The van der Waals surface area contributed by atoms with Crippen molar-refractivity contribution >= 4 is 33.3 Å². The number of carbonyl (C=O) groups is 1. The molecule has 8 nitrogen and oxygen atoms in total. The zero-order valence-corrected chi connectivity index (χ0v) is 17.5. The van der Waals surface area contributed by atoms with Crippen molar-refractivity contribution in [2.45, 2.75) is 19.9 Å². The van der Waals surface area contributed by atoms with Crippen LogP contribution >= 0.6 is 11.3 Å². The van der Waals surface area contributed by atoms with Crippen LogP contribution in [0.25, 0.3) is 10.2 Å². The summed E-state index contributed by atoms with van der Waals surface area (Å²) in [5.74, 6) is 1.41. The van der Waals surface area contributed by atoms with E-state index in [4.69, 9.17) is 9.26 Å². The number of hydrogen-bond acceptors (Lipinski definition) is 8. The van der Waals surface area contributed by atoms with Gasteiger partial charge in [0, 0.05) is 12.6 Å². The monoisotopic (exact) mass is 423 g/mol. The number of anilines is 1. The van der Waals surface area contributed by atoms with Crippen LogP contribution in [0.15, 0.2) is 47.4 Å². The van der Waals surface area contributed by atoms with E-state index in [2.05, 4.69) is 25.8 Å². The number of ether oxygens (including phenoxy) is 1. The second-order valence-electron chi connectivity index (χ2n) is 6.66. The SMILES string of the molecule is COc1ccc(CCNc2ncnc3sc(C(=O)NCc4ccon4)c(C)c23)cc1. The Balaban J connectivity index is 1.46. The smallest absolute Gasteiger partial charge is 0.262 e. The number of aryl methyl sites for hydroxylation is 1. The van der Waals surface area contributed by atoms with Gasteiger partial charge in [0.15, 0.2) is 0 Å². The fraction of sp³-hybridized carbons (Fsp3) is 0.238. The van der Waals surface area contributed by atoms with E-state index in [0.29, 0.717) is 23.7 Å². The number of benzene rings is 1. The fourth-order valence-electron chi connectivity index (χ4n) is 3.12. The topological polar surface area (TPSA) is 102 Å². The maximum atomic E-state index is 12.7. The molecule has 9 heteroatoms. The molecule has 0 aliphatic heterocycles. The standard InChI is InChI=1S/C21H21N5O3S/c1-13-17-19(22-9-7-14-3-5-16(28-2)6-4-14)24-12-25-21(17)30-18(13)20(27)23-11-15-8-10-29-26-15/h3-6,8,10,12H,7,9,11H2,1-2H3,(H,23,27)(H,22,24,25). The van der Waals surface area contributed by atoms with E-state index in [1.807, 2.05) is 31.2 Å². The van der Waals surface area contributed by atoms with Crippen molar-refractivity contribution in [2.75, 3.05) is 19.0 Å². The molecule has 0 aliphatic rings. The highest BCUT2D eigenvalue weighted by Crippen LogP contribution is 2.33. The van der Waals surface area contributed by atoms with Crippen LogP contribution in [0.5, 0.6) is 5.75 Å². The van der Waals surface area contributed by atoms with Gasteiger partial charge in [-0.1, -0.05) is 17.3 Å². The van der Waals surface area contributed by atoms with Gasteiger partial charge in [-0.2, -0.15) is 0 Å². The van der Waals surface area contributed by atoms with E-state index in [-0.39, 0.29) is 5.91 Å². The summed E-state index contributed by atoms with van der Waals surface area (Å²) < 4.78 is 9.98. The maximum absolute atomic E-state index is 12.7. The summed E-state index contributed by atoms with van der Waals surface area (Å²) in [7, 11) is 1.66. The lowest BCUT2D eigenvalue weighted by Gasteiger charge is -2.08. The van der Waals surface area contributed by atoms with Gasteiger partial charge in [-0.25, -0.2) is 9.97 Å². The number of nitrogens with zero attached hydrogens (tertiary/aromatic N) is 3. The molecule has 0 saturated carbocycles. The lowest BCUT2D eigenvalue weighted by Crippen LogP contribution is -2.22. The van der Waals surface area contributed by atoms with Crippen molar-refractivity contribution in [1.29, 1.82) is 0 Å². The van der Waals surface area contributed by atoms with Gasteiger partial charge in [0.25, 0.3) is 5.91 Å². The van der Waals surface area contributed by atoms with Crippen LogP contribution in [-0.4, -0.2) is 34.7 Å². The molecule has 0 aliphatic carbocycles. The number of aromatic nitrogens is 3. The second-order valence-corrected chi connectivity index (χ2v) is 7.66. The van der Waals surface area contributed by atoms with E-state index < -0.39 is 0 Å². The lowest BCUT2D eigenvalue weighted by atomic mass is 10.1. The van der Waals surface area contributed by atoms with Gasteiger partial charge >= 0.3 is 0 Å². The summed E-state index contributed by atoms with van der Waals surface area (Å²) >= 11 is 1.36. The first-order valence-electron chi connectivity index (χ1n) is 9.44. The molecule has 2 N–H and O–H groups in total. The average Bonchev–Trinajstić information content (AvgIpc) is 3.41. The average molecular weight is 423 g/mol. The van der Waals surface area contributed by atoms with E-state index in [1.54, 1.807) is 13.2 Å². The third kappa shape index (κ3) is 4.25. The van der Waals surface area contributed by atoms with Crippen LogP contribution in [0.4, 0.5) is 5.82 Å². The molecule has 0 fully saturated rings. The molecule has 1 aromatic carbocycles. The highest BCUT2D eigenvalue weighted by Gasteiger charge is 2.19. The summed E-state index contributed by atoms with van der Waals surface area (Å²) in [5.41, 5.74) is 2.73. The molecular formula is C21H21N5O3S.